The van der Waals surface area contributed by atoms with E-state index in [-0.39, 0.29) is 24.0 Å². The van der Waals surface area contributed by atoms with Crippen LogP contribution in [0.2, 0.25) is 0 Å². The van der Waals surface area contributed by atoms with Crippen molar-refractivity contribution in [3.63, 3.8) is 0 Å². The third-order valence-electron chi connectivity index (χ3n) is 5.39. The number of fused-ring (bicyclic) bond motifs is 1. The van der Waals surface area contributed by atoms with E-state index in [4.69, 9.17) is 4.74 Å². The van der Waals surface area contributed by atoms with Gasteiger partial charge in [0.05, 0.1) is 12.0 Å². The van der Waals surface area contributed by atoms with Crippen molar-refractivity contribution in [1.82, 2.24) is 24.4 Å². The summed E-state index contributed by atoms with van der Waals surface area (Å²) >= 11 is 0. The molecular weight excluding hydrogens is 318 g/mol. The Morgan fingerprint density at radius 1 is 1.28 bits per heavy atom. The zero-order valence-corrected chi connectivity index (χ0v) is 14.9. The van der Waals surface area contributed by atoms with Crippen LogP contribution in [0.4, 0.5) is 0 Å². The van der Waals surface area contributed by atoms with Gasteiger partial charge in [0.2, 0.25) is 5.91 Å². The molecule has 0 N–H and O–H groups in total. The summed E-state index contributed by atoms with van der Waals surface area (Å²) in [4.78, 5) is 28.0. The van der Waals surface area contributed by atoms with Crippen LogP contribution in [0.5, 0.6) is 0 Å². The number of amides is 1. The highest BCUT2D eigenvalue weighted by atomic mass is 16.5. The van der Waals surface area contributed by atoms with Gasteiger partial charge in [-0.25, -0.2) is 15.0 Å². The number of carbonyl (C=O) groups excluding carboxylic acids is 1. The van der Waals surface area contributed by atoms with E-state index in [1.165, 1.54) is 0 Å². The van der Waals surface area contributed by atoms with Crippen LogP contribution < -0.4 is 0 Å². The van der Waals surface area contributed by atoms with E-state index in [9.17, 15) is 4.79 Å². The number of ether oxygens (including phenoxy) is 1. The molecule has 134 valence electrons. The largest absolute Gasteiger partial charge is 0.358 e. The van der Waals surface area contributed by atoms with Crippen LogP contribution >= 0.6 is 0 Å². The Hall–Kier alpha value is -2.02. The first-order valence-corrected chi connectivity index (χ1v) is 9.32. The third-order valence-corrected chi connectivity index (χ3v) is 5.39. The summed E-state index contributed by atoms with van der Waals surface area (Å²) < 4.78 is 7.89. The second kappa shape index (κ2) is 6.71. The number of hydrogen-bond donors (Lipinski definition) is 0. The van der Waals surface area contributed by atoms with Gasteiger partial charge in [-0.05, 0) is 39.5 Å². The topological polar surface area (TPSA) is 73.1 Å². The maximum Gasteiger partial charge on any atom is 0.226 e. The average Bonchev–Trinajstić information content (AvgIpc) is 3.34. The summed E-state index contributed by atoms with van der Waals surface area (Å²) in [6, 6.07) is 0. The Kier molecular flexibility index (Phi) is 4.41. The minimum Gasteiger partial charge on any atom is -0.358 e. The van der Waals surface area contributed by atoms with Gasteiger partial charge in [-0.3, -0.25) is 9.36 Å². The fourth-order valence-electron chi connectivity index (χ4n) is 3.84. The molecule has 1 amide bonds. The molecule has 4 rings (SSSR count). The van der Waals surface area contributed by atoms with Crippen molar-refractivity contribution < 1.29 is 9.53 Å². The number of nitrogens with zero attached hydrogens (tertiary/aromatic N) is 5. The van der Waals surface area contributed by atoms with Crippen LogP contribution in [-0.2, 0) is 9.53 Å². The molecule has 7 heteroatoms. The zero-order valence-electron chi connectivity index (χ0n) is 14.9. The Morgan fingerprint density at radius 2 is 2.12 bits per heavy atom. The molecule has 0 bridgehead atoms. The summed E-state index contributed by atoms with van der Waals surface area (Å²) in [5.41, 5.74) is 2.54. The van der Waals surface area contributed by atoms with Crippen LogP contribution in [0.15, 0.2) is 12.7 Å². The number of carbonyl (C=O) groups is 1. The lowest BCUT2D eigenvalue weighted by atomic mass is 10.2. The van der Waals surface area contributed by atoms with Gasteiger partial charge in [0, 0.05) is 31.5 Å². The molecule has 0 aromatic carbocycles. The monoisotopic (exact) mass is 343 g/mol. The van der Waals surface area contributed by atoms with Crippen molar-refractivity contribution in [2.75, 3.05) is 19.7 Å². The fourth-order valence-corrected chi connectivity index (χ4v) is 3.84. The summed E-state index contributed by atoms with van der Waals surface area (Å²) in [6.07, 6.45) is 7.52. The second-order valence-electron chi connectivity index (χ2n) is 6.86. The van der Waals surface area contributed by atoms with Crippen molar-refractivity contribution in [1.29, 1.82) is 0 Å². The number of imidazole rings is 1. The van der Waals surface area contributed by atoms with Gasteiger partial charge >= 0.3 is 0 Å². The average molecular weight is 343 g/mol. The number of rotatable bonds is 5. The maximum absolute atomic E-state index is 12.6. The minimum absolute atomic E-state index is 0.00815. The predicted molar refractivity (Wildman–Crippen MR) is 92.9 cm³/mol. The Morgan fingerprint density at radius 3 is 2.84 bits per heavy atom. The highest BCUT2D eigenvalue weighted by Gasteiger charge is 2.47. The fraction of sp³-hybridized carbons (Fsp3) is 0.667. The molecule has 1 aliphatic heterocycles. The SMILES string of the molecule is CCN(CC)C(=O)[C@H]1C[C@@H]1c1ncnc2c1ncn2C1CCCCO1. The molecule has 3 heterocycles. The van der Waals surface area contributed by atoms with Gasteiger partial charge in [0.15, 0.2) is 5.65 Å². The molecule has 1 saturated heterocycles. The van der Waals surface area contributed by atoms with Crippen molar-refractivity contribution in [3.05, 3.63) is 18.3 Å². The highest BCUT2D eigenvalue weighted by Crippen LogP contribution is 2.49. The van der Waals surface area contributed by atoms with E-state index in [0.717, 1.165) is 62.2 Å². The van der Waals surface area contributed by atoms with Crippen molar-refractivity contribution in [2.24, 2.45) is 5.92 Å². The Bertz CT molecular complexity index is 764. The molecule has 1 saturated carbocycles. The minimum atomic E-state index is 0.00815. The molecule has 2 fully saturated rings. The Balaban J connectivity index is 1.59. The van der Waals surface area contributed by atoms with Crippen LogP contribution in [0, 0.1) is 5.92 Å². The van der Waals surface area contributed by atoms with Crippen LogP contribution in [0.3, 0.4) is 0 Å². The number of aromatic nitrogens is 4. The van der Waals surface area contributed by atoms with Crippen LogP contribution in [-0.4, -0.2) is 50.0 Å². The first-order chi connectivity index (χ1) is 12.2. The van der Waals surface area contributed by atoms with Crippen LogP contribution in [0.1, 0.15) is 57.4 Å². The summed E-state index contributed by atoms with van der Waals surface area (Å²) in [6.45, 7) is 6.34. The quantitative estimate of drug-likeness (QED) is 0.834. The van der Waals surface area contributed by atoms with Gasteiger partial charge in [0.25, 0.3) is 0 Å². The smallest absolute Gasteiger partial charge is 0.226 e. The lowest BCUT2D eigenvalue weighted by Crippen LogP contribution is -2.32. The standard InChI is InChI=1S/C18H25N5O2/c1-3-22(4-2)18(24)13-9-12(13)15-16-17(20-10-19-15)23(11-21-16)14-7-5-6-8-25-14/h10-14H,3-9H2,1-2H3/t12-,13-,14?/m0/s1. The van der Waals surface area contributed by atoms with E-state index in [1.54, 1.807) is 6.33 Å². The van der Waals surface area contributed by atoms with E-state index >= 15 is 0 Å². The van der Waals surface area contributed by atoms with Gasteiger partial charge < -0.3 is 9.64 Å². The first kappa shape index (κ1) is 16.4. The Labute approximate surface area is 147 Å². The molecule has 25 heavy (non-hydrogen) atoms. The van der Waals surface area contributed by atoms with Gasteiger partial charge in [-0.2, -0.15) is 0 Å². The highest BCUT2D eigenvalue weighted by molar-refractivity contribution is 5.85. The lowest BCUT2D eigenvalue weighted by molar-refractivity contribution is -0.132. The van der Waals surface area contributed by atoms with Crippen molar-refractivity contribution >= 4 is 17.1 Å². The molecule has 0 spiro atoms. The predicted octanol–water partition coefficient (Wildman–Crippen LogP) is 2.50. The molecule has 2 aromatic heterocycles. The molecule has 2 aliphatic rings. The van der Waals surface area contributed by atoms with E-state index in [1.807, 2.05) is 29.6 Å². The third kappa shape index (κ3) is 2.90. The van der Waals surface area contributed by atoms with Gasteiger partial charge in [-0.1, -0.05) is 0 Å². The van der Waals surface area contributed by atoms with Crippen molar-refractivity contribution in [2.45, 2.75) is 51.7 Å². The maximum atomic E-state index is 12.6. The lowest BCUT2D eigenvalue weighted by Gasteiger charge is -2.23. The van der Waals surface area contributed by atoms with Gasteiger partial charge in [0.1, 0.15) is 18.1 Å². The summed E-state index contributed by atoms with van der Waals surface area (Å²) in [5.74, 6) is 0.431. The van der Waals surface area contributed by atoms with E-state index < -0.39 is 0 Å². The number of hydrogen-bond acceptors (Lipinski definition) is 5. The molecule has 1 aliphatic carbocycles. The van der Waals surface area contributed by atoms with E-state index in [0.29, 0.717) is 0 Å². The summed E-state index contributed by atoms with van der Waals surface area (Å²) in [5, 5.41) is 0. The molecular formula is C18H25N5O2. The summed E-state index contributed by atoms with van der Waals surface area (Å²) in [7, 11) is 0. The molecule has 1 unspecified atom stereocenters. The van der Waals surface area contributed by atoms with Crippen LogP contribution in [0.25, 0.3) is 11.2 Å². The first-order valence-electron chi connectivity index (χ1n) is 9.32. The molecule has 3 atom stereocenters. The second-order valence-corrected chi connectivity index (χ2v) is 6.86. The normalized spacial score (nSPS) is 25.9. The molecule has 0 radical (unpaired) electrons. The van der Waals surface area contributed by atoms with Crippen molar-refractivity contribution in [3.8, 4) is 0 Å². The zero-order chi connectivity index (χ0) is 17.4. The molecule has 7 nitrogen and oxygen atoms in total. The molecule has 2 aromatic rings. The van der Waals surface area contributed by atoms with Gasteiger partial charge in [-0.15, -0.1) is 0 Å². The van der Waals surface area contributed by atoms with E-state index in [2.05, 4.69) is 15.0 Å².